The van der Waals surface area contributed by atoms with E-state index in [1.807, 2.05) is 25.1 Å². The first-order valence-corrected chi connectivity index (χ1v) is 7.83. The summed E-state index contributed by atoms with van der Waals surface area (Å²) in [6.07, 6.45) is 1.24. The molecular formula is C20H20N2O3. The number of nitrogens with one attached hydrogen (secondary N) is 2. The molecule has 0 radical (unpaired) electrons. The summed E-state index contributed by atoms with van der Waals surface area (Å²) in [5, 5.41) is 5.41. The summed E-state index contributed by atoms with van der Waals surface area (Å²) in [4.78, 5) is 35.4. The van der Waals surface area contributed by atoms with Gasteiger partial charge in [-0.15, -0.1) is 0 Å². The molecule has 0 aliphatic heterocycles. The molecule has 0 aliphatic rings. The maximum Gasteiger partial charge on any atom is 0.251 e. The molecule has 0 bridgehead atoms. The predicted molar refractivity (Wildman–Crippen MR) is 98.6 cm³/mol. The van der Waals surface area contributed by atoms with Crippen molar-refractivity contribution in [2.24, 2.45) is 0 Å². The molecule has 25 heavy (non-hydrogen) atoms. The number of hydrogen-bond acceptors (Lipinski definition) is 3. The van der Waals surface area contributed by atoms with Crippen molar-refractivity contribution >= 4 is 29.0 Å². The summed E-state index contributed by atoms with van der Waals surface area (Å²) < 4.78 is 0. The molecule has 0 spiro atoms. The number of anilines is 2. The molecule has 2 aromatic rings. The van der Waals surface area contributed by atoms with E-state index in [4.69, 9.17) is 0 Å². The van der Waals surface area contributed by atoms with E-state index in [1.54, 1.807) is 37.3 Å². The zero-order chi connectivity index (χ0) is 18.4. The van der Waals surface area contributed by atoms with Crippen LogP contribution in [0, 0.1) is 6.92 Å². The van der Waals surface area contributed by atoms with Crippen LogP contribution in [-0.4, -0.2) is 17.6 Å². The second kappa shape index (κ2) is 8.06. The van der Waals surface area contributed by atoms with Gasteiger partial charge in [-0.05, 0) is 62.7 Å². The summed E-state index contributed by atoms with van der Waals surface area (Å²) in [6, 6.07) is 14.0. The molecule has 5 nitrogen and oxygen atoms in total. The number of benzene rings is 2. The standard InChI is InChI=1S/C20H20N2O3/c1-13-5-4-6-18(11-13)22-20(25)14(2)12-19(24)21-17-9-7-16(8-10-17)15(3)23/h4-12H,1-3H3,(H,21,24)(H,22,25)/b14-12-. The van der Waals surface area contributed by atoms with Gasteiger partial charge < -0.3 is 10.6 Å². The van der Waals surface area contributed by atoms with E-state index in [0.29, 0.717) is 22.5 Å². The van der Waals surface area contributed by atoms with Crippen LogP contribution in [-0.2, 0) is 9.59 Å². The van der Waals surface area contributed by atoms with Gasteiger partial charge in [-0.1, -0.05) is 12.1 Å². The van der Waals surface area contributed by atoms with E-state index in [0.717, 1.165) is 5.56 Å². The van der Waals surface area contributed by atoms with Crippen molar-refractivity contribution in [2.45, 2.75) is 20.8 Å². The highest BCUT2D eigenvalue weighted by Gasteiger charge is 2.08. The van der Waals surface area contributed by atoms with Crippen LogP contribution < -0.4 is 10.6 Å². The fourth-order valence-electron chi connectivity index (χ4n) is 2.18. The Balaban J connectivity index is 1.99. The zero-order valence-electron chi connectivity index (χ0n) is 14.4. The molecule has 2 aromatic carbocycles. The number of Topliss-reactive ketones (excluding diaryl/α,β-unsaturated/α-hetero) is 1. The third-order valence-electron chi connectivity index (χ3n) is 3.54. The molecule has 128 valence electrons. The van der Waals surface area contributed by atoms with Crippen molar-refractivity contribution < 1.29 is 14.4 Å². The van der Waals surface area contributed by atoms with Gasteiger partial charge in [-0.3, -0.25) is 14.4 Å². The fraction of sp³-hybridized carbons (Fsp3) is 0.150. The van der Waals surface area contributed by atoms with Crippen LogP contribution in [0.4, 0.5) is 11.4 Å². The van der Waals surface area contributed by atoms with Crippen molar-refractivity contribution in [1.82, 2.24) is 0 Å². The van der Waals surface area contributed by atoms with E-state index < -0.39 is 5.91 Å². The molecule has 0 unspecified atom stereocenters. The number of hydrogen-bond donors (Lipinski definition) is 2. The largest absolute Gasteiger partial charge is 0.323 e. The predicted octanol–water partition coefficient (Wildman–Crippen LogP) is 3.72. The van der Waals surface area contributed by atoms with Gasteiger partial charge in [0.1, 0.15) is 0 Å². The summed E-state index contributed by atoms with van der Waals surface area (Å²) >= 11 is 0. The van der Waals surface area contributed by atoms with Gasteiger partial charge in [0, 0.05) is 28.6 Å². The van der Waals surface area contributed by atoms with Gasteiger partial charge in [-0.25, -0.2) is 0 Å². The summed E-state index contributed by atoms with van der Waals surface area (Å²) in [7, 11) is 0. The zero-order valence-corrected chi connectivity index (χ0v) is 14.4. The van der Waals surface area contributed by atoms with Gasteiger partial charge in [-0.2, -0.15) is 0 Å². The van der Waals surface area contributed by atoms with Gasteiger partial charge in [0.25, 0.3) is 5.91 Å². The number of carbonyl (C=O) groups excluding carboxylic acids is 3. The quantitative estimate of drug-likeness (QED) is 0.645. The first-order valence-electron chi connectivity index (χ1n) is 7.83. The number of aryl methyl sites for hydroxylation is 1. The molecular weight excluding hydrogens is 316 g/mol. The Kier molecular flexibility index (Phi) is 5.84. The Bertz CT molecular complexity index is 836. The van der Waals surface area contributed by atoms with Crippen LogP contribution in [0.3, 0.4) is 0 Å². The third kappa shape index (κ3) is 5.42. The van der Waals surface area contributed by atoms with Crippen molar-refractivity contribution in [2.75, 3.05) is 10.6 Å². The van der Waals surface area contributed by atoms with Gasteiger partial charge in [0.05, 0.1) is 0 Å². The van der Waals surface area contributed by atoms with Crippen LogP contribution in [0.1, 0.15) is 29.8 Å². The Morgan fingerprint density at radius 1 is 0.880 bits per heavy atom. The molecule has 0 aliphatic carbocycles. The maximum absolute atomic E-state index is 12.1. The Labute approximate surface area is 146 Å². The molecule has 0 saturated heterocycles. The normalized spacial score (nSPS) is 10.9. The number of rotatable bonds is 5. The van der Waals surface area contributed by atoms with E-state index >= 15 is 0 Å². The number of ketones is 1. The molecule has 0 fully saturated rings. The SMILES string of the molecule is CC(=O)c1ccc(NC(=O)/C=C(/C)C(=O)Nc2cccc(C)c2)cc1. The van der Waals surface area contributed by atoms with Crippen LogP contribution in [0.2, 0.25) is 0 Å². The molecule has 0 atom stereocenters. The lowest BCUT2D eigenvalue weighted by atomic mass is 10.1. The molecule has 5 heteroatoms. The average molecular weight is 336 g/mol. The van der Waals surface area contributed by atoms with Crippen molar-refractivity contribution in [3.8, 4) is 0 Å². The molecule has 0 saturated carbocycles. The molecule has 2 rings (SSSR count). The van der Waals surface area contributed by atoms with Crippen LogP contribution >= 0.6 is 0 Å². The Hall–Kier alpha value is -3.21. The highest BCUT2D eigenvalue weighted by molar-refractivity contribution is 6.10. The molecule has 0 heterocycles. The number of carbonyl (C=O) groups is 3. The Morgan fingerprint density at radius 3 is 2.16 bits per heavy atom. The van der Waals surface area contributed by atoms with E-state index in [-0.39, 0.29) is 11.7 Å². The smallest absolute Gasteiger partial charge is 0.251 e. The first kappa shape index (κ1) is 18.1. The third-order valence-corrected chi connectivity index (χ3v) is 3.54. The highest BCUT2D eigenvalue weighted by Crippen LogP contribution is 2.12. The molecule has 2 amide bonds. The summed E-state index contributed by atoms with van der Waals surface area (Å²) in [5.74, 6) is -0.790. The minimum atomic E-state index is -0.410. The first-order chi connectivity index (χ1) is 11.8. The minimum absolute atomic E-state index is 0.0403. The second-order valence-corrected chi connectivity index (χ2v) is 5.77. The van der Waals surface area contributed by atoms with Crippen LogP contribution in [0.15, 0.2) is 60.2 Å². The minimum Gasteiger partial charge on any atom is -0.323 e. The summed E-state index contributed by atoms with van der Waals surface area (Å²) in [5.41, 5.74) is 3.13. The van der Waals surface area contributed by atoms with E-state index in [2.05, 4.69) is 10.6 Å². The lowest BCUT2D eigenvalue weighted by molar-refractivity contribution is -0.114. The monoisotopic (exact) mass is 336 g/mol. The van der Waals surface area contributed by atoms with E-state index in [9.17, 15) is 14.4 Å². The van der Waals surface area contributed by atoms with Crippen LogP contribution in [0.5, 0.6) is 0 Å². The van der Waals surface area contributed by atoms with Crippen molar-refractivity contribution in [3.63, 3.8) is 0 Å². The Morgan fingerprint density at radius 2 is 1.56 bits per heavy atom. The fourth-order valence-corrected chi connectivity index (χ4v) is 2.18. The average Bonchev–Trinajstić information content (AvgIpc) is 2.55. The maximum atomic E-state index is 12.1. The van der Waals surface area contributed by atoms with E-state index in [1.165, 1.54) is 13.0 Å². The van der Waals surface area contributed by atoms with Crippen molar-refractivity contribution in [1.29, 1.82) is 0 Å². The summed E-state index contributed by atoms with van der Waals surface area (Å²) in [6.45, 7) is 4.99. The lowest BCUT2D eigenvalue weighted by Gasteiger charge is -2.07. The topological polar surface area (TPSA) is 75.3 Å². The van der Waals surface area contributed by atoms with Crippen molar-refractivity contribution in [3.05, 3.63) is 71.3 Å². The van der Waals surface area contributed by atoms with Gasteiger partial charge >= 0.3 is 0 Å². The lowest BCUT2D eigenvalue weighted by Crippen LogP contribution is -2.16. The van der Waals surface area contributed by atoms with Gasteiger partial charge in [0.15, 0.2) is 5.78 Å². The molecule has 0 aromatic heterocycles. The second-order valence-electron chi connectivity index (χ2n) is 5.77. The van der Waals surface area contributed by atoms with Gasteiger partial charge in [0.2, 0.25) is 5.91 Å². The number of amides is 2. The highest BCUT2D eigenvalue weighted by atomic mass is 16.2. The molecule has 2 N–H and O–H groups in total. The van der Waals surface area contributed by atoms with Crippen LogP contribution in [0.25, 0.3) is 0 Å².